The van der Waals surface area contributed by atoms with E-state index in [1.54, 1.807) is 0 Å². The number of carbonyl (C=O) groups is 1. The van der Waals surface area contributed by atoms with Crippen molar-refractivity contribution in [2.24, 2.45) is 0 Å². The average Bonchev–Trinajstić information content (AvgIpc) is 3.28. The number of nitrogens with zero attached hydrogens (tertiary/aromatic N) is 4. The number of benzene rings is 2. The molecule has 4 rings (SSSR count). The molecule has 1 amide bonds. The van der Waals surface area contributed by atoms with Crippen LogP contribution in [-0.2, 0) is 4.79 Å². The lowest BCUT2D eigenvalue weighted by Crippen LogP contribution is -2.46. The van der Waals surface area contributed by atoms with E-state index in [0.717, 1.165) is 49.7 Å². The zero-order valence-corrected chi connectivity index (χ0v) is 17.8. The highest BCUT2D eigenvalue weighted by atomic mass is 32.2. The van der Waals surface area contributed by atoms with Crippen molar-refractivity contribution in [3.8, 4) is 11.5 Å². The molecule has 0 atom stereocenters. The van der Waals surface area contributed by atoms with Gasteiger partial charge in [-0.25, -0.2) is 0 Å². The third-order valence-electron chi connectivity index (χ3n) is 5.09. The van der Waals surface area contributed by atoms with Gasteiger partial charge >= 0.3 is 0 Å². The first-order chi connectivity index (χ1) is 14.7. The number of amides is 1. The molecule has 0 radical (unpaired) electrons. The molecular formula is C22H25N5O2S. The van der Waals surface area contributed by atoms with Crippen LogP contribution in [0.15, 0.2) is 64.2 Å². The Morgan fingerprint density at radius 2 is 1.77 bits per heavy atom. The van der Waals surface area contributed by atoms with Crippen LogP contribution in [0.1, 0.15) is 6.92 Å². The first-order valence-electron chi connectivity index (χ1n) is 10.1. The third kappa shape index (κ3) is 5.01. The lowest BCUT2D eigenvalue weighted by Gasteiger charge is -2.36. The van der Waals surface area contributed by atoms with Gasteiger partial charge in [0, 0.05) is 31.7 Å². The van der Waals surface area contributed by atoms with Crippen LogP contribution in [0, 0.1) is 0 Å². The normalized spacial score (nSPS) is 14.6. The van der Waals surface area contributed by atoms with Crippen molar-refractivity contribution in [3.05, 3.63) is 54.6 Å². The molecule has 0 bridgehead atoms. The summed E-state index contributed by atoms with van der Waals surface area (Å²) in [4.78, 5) is 17.3. The number of rotatable bonds is 7. The summed E-state index contributed by atoms with van der Waals surface area (Å²) in [5.74, 6) is 0.558. The van der Waals surface area contributed by atoms with Gasteiger partial charge in [-0.05, 0) is 30.8 Å². The second-order valence-corrected chi connectivity index (χ2v) is 7.94. The van der Waals surface area contributed by atoms with Gasteiger partial charge in [0.25, 0.3) is 5.22 Å². The van der Waals surface area contributed by atoms with E-state index in [1.807, 2.05) is 48.5 Å². The van der Waals surface area contributed by atoms with E-state index in [2.05, 4.69) is 38.3 Å². The molecule has 2 heterocycles. The summed E-state index contributed by atoms with van der Waals surface area (Å²) in [6.07, 6.45) is 0. The minimum Gasteiger partial charge on any atom is -0.411 e. The fraction of sp³-hybridized carbons (Fsp3) is 0.318. The third-order valence-corrected chi connectivity index (χ3v) is 5.91. The highest BCUT2D eigenvalue weighted by molar-refractivity contribution is 7.99. The first-order valence-corrected chi connectivity index (χ1v) is 11.1. The molecule has 8 heteroatoms. The number of anilines is 2. The first kappa shape index (κ1) is 20.4. The zero-order chi connectivity index (χ0) is 20.8. The van der Waals surface area contributed by atoms with Crippen molar-refractivity contribution < 1.29 is 9.21 Å². The topological polar surface area (TPSA) is 74.5 Å². The maximum Gasteiger partial charge on any atom is 0.277 e. The van der Waals surface area contributed by atoms with Gasteiger partial charge in [-0.3, -0.25) is 4.79 Å². The number of thioether (sulfide) groups is 1. The van der Waals surface area contributed by atoms with Crippen molar-refractivity contribution in [2.75, 3.05) is 48.7 Å². The van der Waals surface area contributed by atoms with Crippen molar-refractivity contribution in [1.82, 2.24) is 15.1 Å². The van der Waals surface area contributed by atoms with E-state index in [4.69, 9.17) is 4.42 Å². The number of para-hydroxylation sites is 2. The van der Waals surface area contributed by atoms with Gasteiger partial charge in [0.15, 0.2) is 0 Å². The lowest BCUT2D eigenvalue weighted by molar-refractivity contribution is -0.113. The van der Waals surface area contributed by atoms with Crippen molar-refractivity contribution >= 4 is 29.0 Å². The quantitative estimate of drug-likeness (QED) is 0.582. The van der Waals surface area contributed by atoms with Gasteiger partial charge < -0.3 is 19.5 Å². The summed E-state index contributed by atoms with van der Waals surface area (Å²) < 4.78 is 5.66. The molecule has 1 N–H and O–H groups in total. The van der Waals surface area contributed by atoms with E-state index >= 15 is 0 Å². The molecule has 7 nitrogen and oxygen atoms in total. The van der Waals surface area contributed by atoms with E-state index in [-0.39, 0.29) is 11.7 Å². The smallest absolute Gasteiger partial charge is 0.277 e. The fourth-order valence-electron chi connectivity index (χ4n) is 3.44. The maximum atomic E-state index is 12.5. The molecule has 0 aliphatic carbocycles. The van der Waals surface area contributed by atoms with Gasteiger partial charge in [0.2, 0.25) is 11.8 Å². The van der Waals surface area contributed by atoms with Gasteiger partial charge in [-0.2, -0.15) is 0 Å². The molecule has 3 aromatic rings. The van der Waals surface area contributed by atoms with Crippen LogP contribution < -0.4 is 10.2 Å². The van der Waals surface area contributed by atoms with Crippen molar-refractivity contribution in [1.29, 1.82) is 0 Å². The molecule has 1 aromatic heterocycles. The van der Waals surface area contributed by atoms with Gasteiger partial charge in [0.1, 0.15) is 0 Å². The minimum absolute atomic E-state index is 0.0981. The van der Waals surface area contributed by atoms with E-state index in [9.17, 15) is 4.79 Å². The number of nitrogens with one attached hydrogen (secondary N) is 1. The molecule has 0 unspecified atom stereocenters. The predicted molar refractivity (Wildman–Crippen MR) is 120 cm³/mol. The summed E-state index contributed by atoms with van der Waals surface area (Å²) in [5.41, 5.74) is 2.76. The van der Waals surface area contributed by atoms with Crippen LogP contribution >= 0.6 is 11.8 Å². The molecular weight excluding hydrogens is 398 g/mol. The summed E-state index contributed by atoms with van der Waals surface area (Å²) in [5, 5.41) is 11.5. The highest BCUT2D eigenvalue weighted by Crippen LogP contribution is 2.27. The van der Waals surface area contributed by atoms with Crippen molar-refractivity contribution in [2.45, 2.75) is 12.1 Å². The van der Waals surface area contributed by atoms with E-state index < -0.39 is 0 Å². The number of piperazine rings is 1. The standard InChI is InChI=1S/C22H25N5O2S/c1-2-26-12-14-27(15-13-26)19-11-7-6-10-18(19)23-20(28)16-30-22-25-24-21(29-22)17-8-4-3-5-9-17/h3-11H,2,12-16H2,1H3,(H,23,28). The highest BCUT2D eigenvalue weighted by Gasteiger charge is 2.19. The predicted octanol–water partition coefficient (Wildman–Crippen LogP) is 3.61. The Morgan fingerprint density at radius 3 is 2.53 bits per heavy atom. The molecule has 2 aromatic carbocycles. The fourth-order valence-corrected chi connectivity index (χ4v) is 4.00. The second kappa shape index (κ2) is 9.77. The summed E-state index contributed by atoms with van der Waals surface area (Å²) in [7, 11) is 0. The summed E-state index contributed by atoms with van der Waals surface area (Å²) in [6.45, 7) is 7.25. The van der Waals surface area contributed by atoms with Crippen LogP contribution in [-0.4, -0.2) is 59.5 Å². The summed E-state index contributed by atoms with van der Waals surface area (Å²) in [6, 6.07) is 17.5. The molecule has 0 saturated carbocycles. The van der Waals surface area contributed by atoms with Gasteiger partial charge in [0.05, 0.1) is 17.1 Å². The number of hydrogen-bond acceptors (Lipinski definition) is 7. The monoisotopic (exact) mass is 423 g/mol. The van der Waals surface area contributed by atoms with Crippen LogP contribution in [0.5, 0.6) is 0 Å². The Balaban J connectivity index is 1.34. The lowest BCUT2D eigenvalue weighted by atomic mass is 10.2. The number of likely N-dealkylation sites (N-methyl/N-ethyl adjacent to an activating group) is 1. The zero-order valence-electron chi connectivity index (χ0n) is 17.0. The molecule has 1 aliphatic rings. The van der Waals surface area contributed by atoms with E-state index in [0.29, 0.717) is 11.1 Å². The van der Waals surface area contributed by atoms with Crippen LogP contribution in [0.25, 0.3) is 11.5 Å². The molecule has 1 fully saturated rings. The Kier molecular flexibility index (Phi) is 6.66. The SMILES string of the molecule is CCN1CCN(c2ccccc2NC(=O)CSc2nnc(-c3ccccc3)o2)CC1. The molecule has 30 heavy (non-hydrogen) atoms. The average molecular weight is 424 g/mol. The number of aromatic nitrogens is 2. The maximum absolute atomic E-state index is 12.5. The Morgan fingerprint density at radius 1 is 1.03 bits per heavy atom. The number of carbonyl (C=O) groups excluding carboxylic acids is 1. The van der Waals surface area contributed by atoms with Crippen molar-refractivity contribution in [3.63, 3.8) is 0 Å². The molecule has 156 valence electrons. The van der Waals surface area contributed by atoms with Gasteiger partial charge in [-0.15, -0.1) is 10.2 Å². The Bertz CT molecular complexity index is 970. The van der Waals surface area contributed by atoms with Crippen LogP contribution in [0.3, 0.4) is 0 Å². The number of hydrogen-bond donors (Lipinski definition) is 1. The second-order valence-electron chi connectivity index (χ2n) is 7.01. The molecule has 1 aliphatic heterocycles. The van der Waals surface area contributed by atoms with Gasteiger partial charge in [-0.1, -0.05) is 49.0 Å². The summed E-state index contributed by atoms with van der Waals surface area (Å²) >= 11 is 1.24. The largest absolute Gasteiger partial charge is 0.411 e. The molecule has 1 saturated heterocycles. The van der Waals surface area contributed by atoms with Crippen LogP contribution in [0.4, 0.5) is 11.4 Å². The Labute approximate surface area is 180 Å². The molecule has 0 spiro atoms. The Hall–Kier alpha value is -2.84. The van der Waals surface area contributed by atoms with Crippen LogP contribution in [0.2, 0.25) is 0 Å². The minimum atomic E-state index is -0.0981. The van der Waals surface area contributed by atoms with E-state index in [1.165, 1.54) is 11.8 Å².